The first kappa shape index (κ1) is 50.5. The number of carbonyl (C=O) groups excluding carboxylic acids is 1. The van der Waals surface area contributed by atoms with Crippen LogP contribution < -0.4 is 35.3 Å². The number of nitro groups is 2. The molecular formula is C41H50BrN7O12. The molecule has 0 radical (unpaired) electrons. The van der Waals surface area contributed by atoms with E-state index < -0.39 is 15.9 Å². The molecule has 19 nitrogen and oxygen atoms in total. The standard InChI is InChI=1S/C15H18N4O3.C9H11NO4.C9H13NO2.C8H8BrNO3/c1-10-7-17-14(8-16-10)19-15(20)18-12-5-4-11(9-21-2)6-13(12)22-3;1-13-6-7-3-4-8(10(11)12)9(5-7)14-2;1-11-6-7-3-4-8(10)9(5-7)12-2;1-13-8-4-6(5-9)2-3-7(8)10(11)12/h4-8H,9H2,1-3H3,(H2,17,18,19,20);3-5H,6H2,1-2H3;3-5H,6,10H2,1-2H3;2-4H,5H2,1H3. The Balaban J connectivity index is 0.000000290. The van der Waals surface area contributed by atoms with Crippen molar-refractivity contribution < 1.29 is 47.8 Å². The molecule has 5 rings (SSSR count). The number of aromatic nitrogens is 2. The van der Waals surface area contributed by atoms with Crippen LogP contribution in [0.5, 0.6) is 23.0 Å². The lowest BCUT2D eigenvalue weighted by atomic mass is 10.2. The van der Waals surface area contributed by atoms with Gasteiger partial charge in [0.15, 0.2) is 17.3 Å². The molecule has 0 bridgehead atoms. The number of amides is 2. The number of hydrogen-bond donors (Lipinski definition) is 3. The lowest BCUT2D eigenvalue weighted by Gasteiger charge is -2.12. The second kappa shape index (κ2) is 27.2. The van der Waals surface area contributed by atoms with Crippen LogP contribution in [0, 0.1) is 27.2 Å². The first-order valence-corrected chi connectivity index (χ1v) is 19.0. The van der Waals surface area contributed by atoms with Crippen LogP contribution in [-0.4, -0.2) is 75.6 Å². The number of rotatable bonds is 15. The van der Waals surface area contributed by atoms with E-state index in [1.165, 1.54) is 32.5 Å². The lowest BCUT2D eigenvalue weighted by molar-refractivity contribution is -0.385. The van der Waals surface area contributed by atoms with E-state index >= 15 is 0 Å². The normalized spacial score (nSPS) is 9.92. The highest BCUT2D eigenvalue weighted by atomic mass is 79.9. The van der Waals surface area contributed by atoms with Gasteiger partial charge in [0.1, 0.15) is 11.5 Å². The number of alkyl halides is 1. The van der Waals surface area contributed by atoms with Gasteiger partial charge in [-0.05, 0) is 71.6 Å². The minimum Gasteiger partial charge on any atom is -0.495 e. The van der Waals surface area contributed by atoms with Crippen molar-refractivity contribution in [2.45, 2.75) is 32.1 Å². The topological polar surface area (TPSA) is 244 Å². The van der Waals surface area contributed by atoms with Crippen LogP contribution in [0.15, 0.2) is 85.2 Å². The molecule has 61 heavy (non-hydrogen) atoms. The van der Waals surface area contributed by atoms with E-state index in [0.29, 0.717) is 59.6 Å². The van der Waals surface area contributed by atoms with Gasteiger partial charge in [0.2, 0.25) is 0 Å². The third-order valence-electron chi connectivity index (χ3n) is 7.80. The molecule has 0 aliphatic carbocycles. The van der Waals surface area contributed by atoms with Crippen molar-refractivity contribution >= 4 is 50.5 Å². The summed E-state index contributed by atoms with van der Waals surface area (Å²) in [6.07, 6.45) is 3.07. The van der Waals surface area contributed by atoms with Crippen LogP contribution >= 0.6 is 15.9 Å². The van der Waals surface area contributed by atoms with E-state index in [0.717, 1.165) is 27.9 Å². The lowest BCUT2D eigenvalue weighted by Crippen LogP contribution is -2.20. The summed E-state index contributed by atoms with van der Waals surface area (Å²) in [5.41, 5.74) is 11.4. The molecule has 0 aliphatic heterocycles. The Morgan fingerprint density at radius 2 is 1.07 bits per heavy atom. The number of benzene rings is 4. The minimum absolute atomic E-state index is 0.00722. The molecule has 0 fully saturated rings. The smallest absolute Gasteiger partial charge is 0.324 e. The van der Waals surface area contributed by atoms with Gasteiger partial charge in [-0.1, -0.05) is 34.1 Å². The fourth-order valence-electron chi connectivity index (χ4n) is 4.92. The molecule has 0 aliphatic rings. The molecule has 4 aromatic carbocycles. The average Bonchev–Trinajstić information content (AvgIpc) is 3.26. The van der Waals surface area contributed by atoms with E-state index in [9.17, 15) is 25.0 Å². The summed E-state index contributed by atoms with van der Waals surface area (Å²) < 4.78 is 35.0. The maximum atomic E-state index is 12.0. The van der Waals surface area contributed by atoms with Crippen LogP contribution in [0.2, 0.25) is 0 Å². The van der Waals surface area contributed by atoms with Crippen molar-refractivity contribution in [3.05, 3.63) is 133 Å². The first-order chi connectivity index (χ1) is 29.3. The summed E-state index contributed by atoms with van der Waals surface area (Å²) in [7, 11) is 10.8. The van der Waals surface area contributed by atoms with Crippen molar-refractivity contribution in [1.82, 2.24) is 9.97 Å². The highest BCUT2D eigenvalue weighted by Gasteiger charge is 2.15. The Morgan fingerprint density at radius 1 is 0.623 bits per heavy atom. The summed E-state index contributed by atoms with van der Waals surface area (Å²) in [6.45, 7) is 3.29. The van der Waals surface area contributed by atoms with Gasteiger partial charge >= 0.3 is 17.4 Å². The van der Waals surface area contributed by atoms with Gasteiger partial charge in [-0.3, -0.25) is 30.5 Å². The SMILES string of the molecule is COCc1ccc(N)c(OC)c1.COCc1ccc(NC(=O)Nc2cnc(C)cn2)c(OC)c1.COCc1ccc([N+](=O)[O-])c(OC)c1.COc1cc(CBr)ccc1[N+](=O)[O-]. The summed E-state index contributed by atoms with van der Waals surface area (Å²) in [5.74, 6) is 2.17. The van der Waals surface area contributed by atoms with Crippen LogP contribution in [0.1, 0.15) is 27.9 Å². The number of methoxy groups -OCH3 is 7. The number of nitrogen functional groups attached to an aromatic ring is 1. The van der Waals surface area contributed by atoms with Crippen molar-refractivity contribution in [3.63, 3.8) is 0 Å². The largest absolute Gasteiger partial charge is 0.495 e. The Hall–Kier alpha value is -6.61. The van der Waals surface area contributed by atoms with Gasteiger partial charge in [0.25, 0.3) is 0 Å². The summed E-state index contributed by atoms with van der Waals surface area (Å²) in [4.78, 5) is 40.2. The minimum atomic E-state index is -0.477. The fraction of sp³-hybridized carbons (Fsp3) is 0.293. The van der Waals surface area contributed by atoms with E-state index in [-0.39, 0.29) is 17.1 Å². The van der Waals surface area contributed by atoms with Crippen LogP contribution in [0.3, 0.4) is 0 Å². The number of aryl methyl sites for hydroxylation is 1. The number of nitrogens with two attached hydrogens (primary N) is 1. The summed E-state index contributed by atoms with van der Waals surface area (Å²) in [5, 5.41) is 27.0. The predicted octanol–water partition coefficient (Wildman–Crippen LogP) is 8.26. The molecule has 328 valence electrons. The molecule has 0 saturated carbocycles. The van der Waals surface area contributed by atoms with Crippen molar-refractivity contribution in [3.8, 4) is 23.0 Å². The Morgan fingerprint density at radius 3 is 1.51 bits per heavy atom. The molecule has 0 saturated heterocycles. The number of nitrogens with zero attached hydrogens (tertiary/aromatic N) is 4. The van der Waals surface area contributed by atoms with Gasteiger partial charge in [0, 0.05) is 38.8 Å². The maximum Gasteiger partial charge on any atom is 0.324 e. The second-order valence-electron chi connectivity index (χ2n) is 12.2. The van der Waals surface area contributed by atoms with E-state index in [4.69, 9.17) is 38.9 Å². The van der Waals surface area contributed by atoms with Crippen LogP contribution in [-0.2, 0) is 39.4 Å². The van der Waals surface area contributed by atoms with Crippen LogP contribution in [0.25, 0.3) is 0 Å². The fourth-order valence-corrected chi connectivity index (χ4v) is 5.27. The molecule has 0 atom stereocenters. The third-order valence-corrected chi connectivity index (χ3v) is 8.45. The quantitative estimate of drug-likeness (QED) is 0.0387. The molecule has 20 heteroatoms. The zero-order valence-corrected chi connectivity index (χ0v) is 36.6. The number of hydrogen-bond acceptors (Lipinski definition) is 15. The number of nitro benzene ring substituents is 2. The van der Waals surface area contributed by atoms with Gasteiger partial charge in [0.05, 0.1) is 87.6 Å². The third kappa shape index (κ3) is 17.3. The zero-order valence-electron chi connectivity index (χ0n) is 35.1. The van der Waals surface area contributed by atoms with Gasteiger partial charge < -0.3 is 44.2 Å². The molecule has 5 aromatic rings. The van der Waals surface area contributed by atoms with Crippen molar-refractivity contribution in [2.24, 2.45) is 0 Å². The maximum absolute atomic E-state index is 12.0. The molecular weight excluding hydrogens is 862 g/mol. The highest BCUT2D eigenvalue weighted by Crippen LogP contribution is 2.29. The number of carbonyl (C=O) groups is 1. The van der Waals surface area contributed by atoms with E-state index in [2.05, 4.69) is 36.5 Å². The Bertz CT molecular complexity index is 2160. The van der Waals surface area contributed by atoms with Crippen molar-refractivity contribution in [1.29, 1.82) is 0 Å². The number of nitrogens with one attached hydrogen (secondary N) is 2. The van der Waals surface area contributed by atoms with Gasteiger partial charge in [-0.15, -0.1) is 0 Å². The monoisotopic (exact) mass is 911 g/mol. The summed E-state index contributed by atoms with van der Waals surface area (Å²) in [6, 6.07) is 20.0. The number of anilines is 3. The van der Waals surface area contributed by atoms with E-state index in [1.54, 1.807) is 72.1 Å². The summed E-state index contributed by atoms with van der Waals surface area (Å²) >= 11 is 3.26. The number of ether oxygens (including phenoxy) is 7. The first-order valence-electron chi connectivity index (χ1n) is 17.9. The second-order valence-corrected chi connectivity index (χ2v) is 12.8. The highest BCUT2D eigenvalue weighted by molar-refractivity contribution is 9.08. The van der Waals surface area contributed by atoms with E-state index in [1.807, 2.05) is 37.3 Å². The van der Waals surface area contributed by atoms with Crippen LogP contribution in [0.4, 0.5) is 33.4 Å². The van der Waals surface area contributed by atoms with Gasteiger partial charge in [-0.2, -0.15) is 0 Å². The molecule has 1 heterocycles. The molecule has 0 unspecified atom stereocenters. The zero-order chi connectivity index (χ0) is 45.3. The number of urea groups is 1. The van der Waals surface area contributed by atoms with Crippen molar-refractivity contribution in [2.75, 3.05) is 66.1 Å². The Kier molecular flexibility index (Phi) is 22.5. The van der Waals surface area contributed by atoms with Gasteiger partial charge in [-0.25, -0.2) is 9.78 Å². The molecule has 2 amide bonds. The predicted molar refractivity (Wildman–Crippen MR) is 234 cm³/mol. The molecule has 1 aromatic heterocycles. The Labute approximate surface area is 361 Å². The average molecular weight is 913 g/mol. The molecule has 4 N–H and O–H groups in total. The number of halogens is 1. The molecule has 0 spiro atoms.